The lowest BCUT2D eigenvalue weighted by Gasteiger charge is -2.33. The predicted octanol–water partition coefficient (Wildman–Crippen LogP) is 0.770. The number of rotatable bonds is 4. The molecule has 1 aliphatic heterocycles. The van der Waals surface area contributed by atoms with Gasteiger partial charge in [-0.15, -0.1) is 10.2 Å². The monoisotopic (exact) mass is 318 g/mol. The SMILES string of the molecule is O=C(CO)N1CCN(c2nnc(Cc3ccccc3)s2)CC1. The molecule has 1 saturated heterocycles. The first-order chi connectivity index (χ1) is 10.8. The van der Waals surface area contributed by atoms with E-state index in [-0.39, 0.29) is 5.91 Å². The molecule has 22 heavy (non-hydrogen) atoms. The Labute approximate surface area is 133 Å². The van der Waals surface area contributed by atoms with E-state index in [1.807, 2.05) is 18.2 Å². The van der Waals surface area contributed by atoms with E-state index in [4.69, 9.17) is 5.11 Å². The zero-order valence-corrected chi connectivity index (χ0v) is 13.0. The second kappa shape index (κ2) is 6.85. The zero-order valence-electron chi connectivity index (χ0n) is 12.2. The normalized spacial score (nSPS) is 15.1. The molecule has 0 saturated carbocycles. The van der Waals surface area contributed by atoms with E-state index in [0.717, 1.165) is 29.6 Å². The van der Waals surface area contributed by atoms with Crippen molar-refractivity contribution in [1.82, 2.24) is 15.1 Å². The number of aliphatic hydroxyl groups is 1. The summed E-state index contributed by atoms with van der Waals surface area (Å²) < 4.78 is 0. The molecule has 0 radical (unpaired) electrons. The Balaban J connectivity index is 1.59. The highest BCUT2D eigenvalue weighted by molar-refractivity contribution is 7.15. The highest BCUT2D eigenvalue weighted by Gasteiger charge is 2.22. The van der Waals surface area contributed by atoms with Gasteiger partial charge in [0.2, 0.25) is 11.0 Å². The highest BCUT2D eigenvalue weighted by Crippen LogP contribution is 2.23. The minimum atomic E-state index is -0.417. The van der Waals surface area contributed by atoms with Crippen molar-refractivity contribution < 1.29 is 9.90 Å². The molecule has 116 valence electrons. The van der Waals surface area contributed by atoms with Crippen LogP contribution in [-0.2, 0) is 11.2 Å². The van der Waals surface area contributed by atoms with Gasteiger partial charge >= 0.3 is 0 Å². The van der Waals surface area contributed by atoms with Gasteiger partial charge in [0, 0.05) is 32.6 Å². The van der Waals surface area contributed by atoms with E-state index in [1.54, 1.807) is 16.2 Å². The maximum atomic E-state index is 11.4. The molecule has 7 heteroatoms. The number of aliphatic hydroxyl groups excluding tert-OH is 1. The van der Waals surface area contributed by atoms with Crippen LogP contribution in [0.3, 0.4) is 0 Å². The van der Waals surface area contributed by atoms with Crippen molar-refractivity contribution in [3.63, 3.8) is 0 Å². The van der Waals surface area contributed by atoms with Gasteiger partial charge in [-0.05, 0) is 5.56 Å². The topological polar surface area (TPSA) is 69.6 Å². The van der Waals surface area contributed by atoms with Gasteiger partial charge in [-0.25, -0.2) is 0 Å². The fraction of sp³-hybridized carbons (Fsp3) is 0.400. The third kappa shape index (κ3) is 3.42. The fourth-order valence-electron chi connectivity index (χ4n) is 2.46. The van der Waals surface area contributed by atoms with E-state index in [9.17, 15) is 4.79 Å². The van der Waals surface area contributed by atoms with Crippen molar-refractivity contribution in [1.29, 1.82) is 0 Å². The van der Waals surface area contributed by atoms with E-state index < -0.39 is 6.61 Å². The molecule has 0 bridgehead atoms. The van der Waals surface area contributed by atoms with Crippen molar-refractivity contribution in [3.8, 4) is 0 Å². The summed E-state index contributed by atoms with van der Waals surface area (Å²) >= 11 is 1.60. The Hall–Kier alpha value is -1.99. The van der Waals surface area contributed by atoms with E-state index in [0.29, 0.717) is 13.1 Å². The molecule has 0 atom stereocenters. The van der Waals surface area contributed by atoms with Crippen LogP contribution >= 0.6 is 11.3 Å². The number of carbonyl (C=O) groups is 1. The van der Waals surface area contributed by atoms with Gasteiger partial charge in [-0.1, -0.05) is 41.7 Å². The quantitative estimate of drug-likeness (QED) is 0.902. The fourth-order valence-corrected chi connectivity index (χ4v) is 3.39. The van der Waals surface area contributed by atoms with Gasteiger partial charge in [0.25, 0.3) is 0 Å². The molecule has 0 spiro atoms. The molecule has 6 nitrogen and oxygen atoms in total. The van der Waals surface area contributed by atoms with Gasteiger partial charge < -0.3 is 14.9 Å². The van der Waals surface area contributed by atoms with Crippen LogP contribution in [0.4, 0.5) is 5.13 Å². The van der Waals surface area contributed by atoms with Crippen LogP contribution in [-0.4, -0.2) is 58.9 Å². The van der Waals surface area contributed by atoms with Crippen molar-refractivity contribution in [2.24, 2.45) is 0 Å². The van der Waals surface area contributed by atoms with Crippen LogP contribution in [0.15, 0.2) is 30.3 Å². The van der Waals surface area contributed by atoms with Crippen molar-refractivity contribution in [2.45, 2.75) is 6.42 Å². The first-order valence-electron chi connectivity index (χ1n) is 7.26. The molecular weight excluding hydrogens is 300 g/mol. The summed E-state index contributed by atoms with van der Waals surface area (Å²) in [4.78, 5) is 15.3. The molecule has 0 aliphatic carbocycles. The smallest absolute Gasteiger partial charge is 0.248 e. The molecule has 0 unspecified atom stereocenters. The molecule has 1 amide bonds. The van der Waals surface area contributed by atoms with Crippen LogP contribution in [0.25, 0.3) is 0 Å². The van der Waals surface area contributed by atoms with Crippen molar-refractivity contribution in [2.75, 3.05) is 37.7 Å². The number of carbonyl (C=O) groups excluding carboxylic acids is 1. The number of nitrogens with zero attached hydrogens (tertiary/aromatic N) is 4. The summed E-state index contributed by atoms with van der Waals surface area (Å²) in [6.45, 7) is 2.28. The van der Waals surface area contributed by atoms with Crippen LogP contribution in [0.5, 0.6) is 0 Å². The lowest BCUT2D eigenvalue weighted by molar-refractivity contribution is -0.134. The maximum absolute atomic E-state index is 11.4. The average Bonchev–Trinajstić information content (AvgIpc) is 3.04. The first kappa shape index (κ1) is 14.9. The molecule has 1 aliphatic rings. The Kier molecular flexibility index (Phi) is 4.65. The first-order valence-corrected chi connectivity index (χ1v) is 8.08. The van der Waals surface area contributed by atoms with Crippen molar-refractivity contribution >= 4 is 22.4 Å². The minimum absolute atomic E-state index is 0.207. The third-order valence-electron chi connectivity index (χ3n) is 3.69. The molecular formula is C15H18N4O2S. The van der Waals surface area contributed by atoms with E-state index in [2.05, 4.69) is 27.2 Å². The van der Waals surface area contributed by atoms with Crippen LogP contribution in [0.2, 0.25) is 0 Å². The summed E-state index contributed by atoms with van der Waals surface area (Å²) in [5, 5.41) is 19.3. The van der Waals surface area contributed by atoms with Gasteiger partial charge in [0.1, 0.15) is 11.6 Å². The Bertz CT molecular complexity index is 623. The van der Waals surface area contributed by atoms with E-state index in [1.165, 1.54) is 5.56 Å². The second-order valence-electron chi connectivity index (χ2n) is 5.17. The average molecular weight is 318 g/mol. The van der Waals surface area contributed by atoms with Crippen LogP contribution in [0, 0.1) is 0 Å². The number of hydrogen-bond donors (Lipinski definition) is 1. The molecule has 3 rings (SSSR count). The summed E-state index contributed by atoms with van der Waals surface area (Å²) in [6, 6.07) is 10.2. The number of aromatic nitrogens is 2. The Morgan fingerprint density at radius 3 is 2.55 bits per heavy atom. The molecule has 1 aromatic carbocycles. The van der Waals surface area contributed by atoms with Crippen LogP contribution in [0.1, 0.15) is 10.6 Å². The summed E-state index contributed by atoms with van der Waals surface area (Å²) in [5.74, 6) is -0.207. The number of benzene rings is 1. The van der Waals surface area contributed by atoms with Gasteiger partial charge in [-0.3, -0.25) is 4.79 Å². The number of amides is 1. The molecule has 1 N–H and O–H groups in total. The lowest BCUT2D eigenvalue weighted by Crippen LogP contribution is -2.49. The predicted molar refractivity (Wildman–Crippen MR) is 85.0 cm³/mol. The number of anilines is 1. The standard InChI is InChI=1S/C15H18N4O2S/c20-11-14(21)18-6-8-19(9-7-18)15-17-16-13(22-15)10-12-4-2-1-3-5-12/h1-5,20H,6-11H2. The number of hydrogen-bond acceptors (Lipinski definition) is 6. The van der Waals surface area contributed by atoms with Crippen molar-refractivity contribution in [3.05, 3.63) is 40.9 Å². The summed E-state index contributed by atoms with van der Waals surface area (Å²) in [6.07, 6.45) is 0.793. The molecule has 2 heterocycles. The van der Waals surface area contributed by atoms with Crippen LogP contribution < -0.4 is 4.90 Å². The molecule has 1 fully saturated rings. The van der Waals surface area contributed by atoms with Gasteiger partial charge in [0.05, 0.1) is 0 Å². The lowest BCUT2D eigenvalue weighted by atomic mass is 10.2. The third-order valence-corrected chi connectivity index (χ3v) is 4.68. The van der Waals surface area contributed by atoms with Gasteiger partial charge in [-0.2, -0.15) is 0 Å². The largest absolute Gasteiger partial charge is 0.387 e. The zero-order chi connectivity index (χ0) is 15.4. The molecule has 1 aromatic heterocycles. The Morgan fingerprint density at radius 1 is 1.14 bits per heavy atom. The van der Waals surface area contributed by atoms with E-state index >= 15 is 0 Å². The number of piperazine rings is 1. The summed E-state index contributed by atoms with van der Waals surface area (Å²) in [7, 11) is 0. The molecule has 2 aromatic rings. The maximum Gasteiger partial charge on any atom is 0.248 e. The minimum Gasteiger partial charge on any atom is -0.387 e. The summed E-state index contributed by atoms with van der Waals surface area (Å²) in [5.41, 5.74) is 1.23. The van der Waals surface area contributed by atoms with Gasteiger partial charge in [0.15, 0.2) is 0 Å². The second-order valence-corrected chi connectivity index (χ2v) is 6.21. The Morgan fingerprint density at radius 2 is 1.86 bits per heavy atom. The highest BCUT2D eigenvalue weighted by atomic mass is 32.1.